The Balaban J connectivity index is 1.16. The number of nitrogens with one attached hydrogen (secondary N) is 1. The minimum atomic E-state index is -0.345. The number of rotatable bonds is 7. The van der Waals surface area contributed by atoms with Crippen molar-refractivity contribution in [3.8, 4) is 17.0 Å². The third-order valence-corrected chi connectivity index (χ3v) is 10.8. The zero-order valence-electron chi connectivity index (χ0n) is 29.3. The molecule has 11 heteroatoms. The van der Waals surface area contributed by atoms with Crippen molar-refractivity contribution in [2.75, 3.05) is 56.2 Å². The van der Waals surface area contributed by atoms with Crippen LogP contribution in [0.2, 0.25) is 5.02 Å². The molecule has 266 valence electrons. The summed E-state index contributed by atoms with van der Waals surface area (Å²) in [6.07, 6.45) is 3.24. The number of aromatic hydroxyl groups is 1. The third-order valence-electron chi connectivity index (χ3n) is 10.5. The zero-order chi connectivity index (χ0) is 35.9. The number of phenolic OH excluding ortho intramolecular Hbond substituents is 1. The monoisotopic (exact) mass is 716 g/mol. The predicted octanol–water partition coefficient (Wildman–Crippen LogP) is 6.61. The maximum atomic E-state index is 14.7. The number of hydrogen-bond donors (Lipinski definition) is 2. The molecule has 52 heavy (non-hydrogen) atoms. The van der Waals surface area contributed by atoms with Gasteiger partial charge in [-0.3, -0.25) is 19.4 Å². The quantitative estimate of drug-likeness (QED) is 0.195. The second kappa shape index (κ2) is 14.1. The fraction of sp³-hybridized carbons (Fsp3) is 0.293. The smallest absolute Gasteiger partial charge is 0.264 e. The van der Waals surface area contributed by atoms with Gasteiger partial charge in [0.15, 0.2) is 0 Å². The normalized spacial score (nSPS) is 17.2. The highest BCUT2D eigenvalue weighted by atomic mass is 35.5. The number of morpholine rings is 1. The first-order valence-electron chi connectivity index (χ1n) is 17.7. The average molecular weight is 717 g/mol. The lowest BCUT2D eigenvalue weighted by Gasteiger charge is -2.40. The van der Waals surface area contributed by atoms with Gasteiger partial charge in [0, 0.05) is 73.4 Å². The van der Waals surface area contributed by atoms with Crippen LogP contribution in [0.1, 0.15) is 43.1 Å². The number of fused-ring (bicyclic) bond motifs is 2. The molecule has 5 heterocycles. The first kappa shape index (κ1) is 34.0. The number of hydrogen-bond acceptors (Lipinski definition) is 7. The van der Waals surface area contributed by atoms with Crippen LogP contribution in [0.25, 0.3) is 11.3 Å². The first-order chi connectivity index (χ1) is 25.2. The lowest BCUT2D eigenvalue weighted by molar-refractivity contribution is 0.0193. The standard InChI is InChI=1S/C41H41ClN6O4/c1-26-34(41(51)48(37-9-5-6-10-38(37)49)31-20-28-13-14-45(2)39(28)43-23-31)22-36(44-26)35-21-30(42)11-12-33(35)40(50)47-24-29-8-4-3-7-27(29)19-32(47)25-46-15-17-52-18-16-46/h3-12,20-23,32,44,49H,13-19,24-25H2,1-2H3/t32-/m0/s1. The predicted molar refractivity (Wildman–Crippen MR) is 203 cm³/mol. The third kappa shape index (κ3) is 6.42. The van der Waals surface area contributed by atoms with Crippen molar-refractivity contribution >= 4 is 40.6 Å². The summed E-state index contributed by atoms with van der Waals surface area (Å²) in [7, 11) is 2.00. The van der Waals surface area contributed by atoms with E-state index in [4.69, 9.17) is 16.3 Å². The number of aryl methyl sites for hydroxylation is 1. The summed E-state index contributed by atoms with van der Waals surface area (Å²) in [4.78, 5) is 45.4. The van der Waals surface area contributed by atoms with Crippen LogP contribution < -0.4 is 9.80 Å². The lowest BCUT2D eigenvalue weighted by atomic mass is 9.92. The van der Waals surface area contributed by atoms with Gasteiger partial charge in [-0.2, -0.15) is 0 Å². The molecule has 0 spiro atoms. The number of phenols is 1. The molecule has 3 aliphatic heterocycles. The van der Waals surface area contributed by atoms with Gasteiger partial charge in [0.1, 0.15) is 11.6 Å². The molecule has 0 unspecified atom stereocenters. The molecule has 8 rings (SSSR count). The molecule has 2 N–H and O–H groups in total. The second-order valence-corrected chi connectivity index (χ2v) is 14.3. The summed E-state index contributed by atoms with van der Waals surface area (Å²) in [6.45, 7) is 6.97. The number of pyridine rings is 1. The molecular weight excluding hydrogens is 676 g/mol. The van der Waals surface area contributed by atoms with Crippen LogP contribution in [0.3, 0.4) is 0 Å². The number of nitrogens with zero attached hydrogens (tertiary/aromatic N) is 5. The van der Waals surface area contributed by atoms with Crippen molar-refractivity contribution < 1.29 is 19.4 Å². The number of H-pyrrole nitrogens is 1. The number of para-hydroxylation sites is 2. The van der Waals surface area contributed by atoms with Gasteiger partial charge in [-0.1, -0.05) is 48.0 Å². The van der Waals surface area contributed by atoms with Crippen LogP contribution in [0.5, 0.6) is 5.75 Å². The highest BCUT2D eigenvalue weighted by molar-refractivity contribution is 6.31. The molecule has 1 saturated heterocycles. The van der Waals surface area contributed by atoms with Gasteiger partial charge in [-0.05, 0) is 78.9 Å². The Bertz CT molecular complexity index is 2160. The van der Waals surface area contributed by atoms with E-state index >= 15 is 0 Å². The van der Waals surface area contributed by atoms with Crippen LogP contribution in [0.15, 0.2) is 85.1 Å². The summed E-state index contributed by atoms with van der Waals surface area (Å²) in [5.41, 5.74) is 7.07. The number of aromatic nitrogens is 2. The van der Waals surface area contributed by atoms with Gasteiger partial charge in [0.05, 0.1) is 36.3 Å². The van der Waals surface area contributed by atoms with Crippen molar-refractivity contribution in [3.05, 3.63) is 124 Å². The van der Waals surface area contributed by atoms with E-state index in [1.165, 1.54) is 10.5 Å². The van der Waals surface area contributed by atoms with Gasteiger partial charge in [0.25, 0.3) is 11.8 Å². The van der Waals surface area contributed by atoms with Crippen molar-refractivity contribution in [1.82, 2.24) is 19.8 Å². The number of halogens is 1. The molecule has 0 bridgehead atoms. The highest BCUT2D eigenvalue weighted by Gasteiger charge is 2.34. The Morgan fingerprint density at radius 3 is 2.54 bits per heavy atom. The topological polar surface area (TPSA) is 105 Å². The molecule has 10 nitrogen and oxygen atoms in total. The molecule has 0 saturated carbocycles. The van der Waals surface area contributed by atoms with E-state index in [2.05, 4.69) is 38.0 Å². The SMILES string of the molecule is Cc1[nH]c(-c2cc(Cl)ccc2C(=O)N2Cc3ccccc3C[C@H]2CN2CCOCC2)cc1C(=O)N(c1cnc2c(c1)CCN2C)c1ccccc1O. The number of anilines is 3. The van der Waals surface area contributed by atoms with E-state index in [1.54, 1.807) is 54.7 Å². The Labute approximate surface area is 308 Å². The molecule has 0 radical (unpaired) electrons. The Hall–Kier alpha value is -5.16. The molecule has 1 fully saturated rings. The number of amides is 2. The fourth-order valence-corrected chi connectivity index (χ4v) is 7.92. The van der Waals surface area contributed by atoms with Crippen molar-refractivity contribution in [2.24, 2.45) is 0 Å². The summed E-state index contributed by atoms with van der Waals surface area (Å²) < 4.78 is 5.60. The number of ether oxygens (including phenoxy) is 1. The van der Waals surface area contributed by atoms with Crippen LogP contribution in [-0.2, 0) is 24.1 Å². The van der Waals surface area contributed by atoms with E-state index in [0.29, 0.717) is 64.2 Å². The van der Waals surface area contributed by atoms with E-state index in [0.717, 1.165) is 56.0 Å². The van der Waals surface area contributed by atoms with Crippen molar-refractivity contribution in [1.29, 1.82) is 0 Å². The lowest BCUT2D eigenvalue weighted by Crippen LogP contribution is -2.52. The van der Waals surface area contributed by atoms with Crippen LogP contribution >= 0.6 is 11.6 Å². The van der Waals surface area contributed by atoms with E-state index in [-0.39, 0.29) is 23.6 Å². The maximum absolute atomic E-state index is 14.7. The molecule has 2 aromatic heterocycles. The van der Waals surface area contributed by atoms with E-state index < -0.39 is 0 Å². The van der Waals surface area contributed by atoms with Gasteiger partial charge < -0.3 is 24.6 Å². The molecule has 0 aliphatic carbocycles. The zero-order valence-corrected chi connectivity index (χ0v) is 30.1. The number of benzene rings is 3. The van der Waals surface area contributed by atoms with Gasteiger partial charge in [-0.25, -0.2) is 4.98 Å². The minimum Gasteiger partial charge on any atom is -0.506 e. The fourth-order valence-electron chi connectivity index (χ4n) is 7.75. The average Bonchev–Trinajstić information content (AvgIpc) is 3.74. The molecule has 1 atom stereocenters. The van der Waals surface area contributed by atoms with Crippen molar-refractivity contribution in [3.63, 3.8) is 0 Å². The number of likely N-dealkylation sites (N-methyl/N-ethyl adjacent to an activating group) is 1. The van der Waals surface area contributed by atoms with Crippen LogP contribution in [0.4, 0.5) is 17.2 Å². The number of aromatic amines is 1. The number of carbonyl (C=O) groups excluding carboxylic acids is 2. The molecule has 5 aromatic rings. The Morgan fingerprint density at radius 1 is 0.962 bits per heavy atom. The highest BCUT2D eigenvalue weighted by Crippen LogP contribution is 2.38. The summed E-state index contributed by atoms with van der Waals surface area (Å²) >= 11 is 6.60. The molecular formula is C41H41ClN6O4. The van der Waals surface area contributed by atoms with Crippen LogP contribution in [-0.4, -0.2) is 89.2 Å². The summed E-state index contributed by atoms with van der Waals surface area (Å²) in [5.74, 6) is 0.419. The van der Waals surface area contributed by atoms with Gasteiger partial charge >= 0.3 is 0 Å². The Morgan fingerprint density at radius 2 is 1.73 bits per heavy atom. The summed E-state index contributed by atoms with van der Waals surface area (Å²) in [5, 5.41) is 11.4. The maximum Gasteiger partial charge on any atom is 0.264 e. The van der Waals surface area contributed by atoms with E-state index in [1.807, 2.05) is 31.0 Å². The van der Waals surface area contributed by atoms with Crippen molar-refractivity contribution in [2.45, 2.75) is 32.4 Å². The van der Waals surface area contributed by atoms with E-state index in [9.17, 15) is 14.7 Å². The first-order valence-corrected chi connectivity index (χ1v) is 18.1. The second-order valence-electron chi connectivity index (χ2n) is 13.9. The van der Waals surface area contributed by atoms with Gasteiger partial charge in [-0.15, -0.1) is 0 Å². The minimum absolute atomic E-state index is 0.0284. The van der Waals surface area contributed by atoms with Crippen LogP contribution in [0, 0.1) is 6.92 Å². The molecule has 2 amide bonds. The Kier molecular flexibility index (Phi) is 9.21. The molecule has 3 aliphatic rings. The summed E-state index contributed by atoms with van der Waals surface area (Å²) in [6, 6.07) is 24.2. The number of carbonyl (C=O) groups is 2. The molecule has 3 aromatic carbocycles. The largest absolute Gasteiger partial charge is 0.506 e. The van der Waals surface area contributed by atoms with Gasteiger partial charge in [0.2, 0.25) is 0 Å².